The van der Waals surface area contributed by atoms with E-state index in [9.17, 15) is 19.4 Å². The molecule has 0 spiro atoms. The molecule has 3 rings (SSSR count). The predicted molar refractivity (Wildman–Crippen MR) is 103 cm³/mol. The van der Waals surface area contributed by atoms with E-state index in [4.69, 9.17) is 4.74 Å². The van der Waals surface area contributed by atoms with E-state index in [1.807, 2.05) is 24.3 Å². The summed E-state index contributed by atoms with van der Waals surface area (Å²) in [6.07, 6.45) is -2.00. The van der Waals surface area contributed by atoms with Crippen LogP contribution in [0.3, 0.4) is 0 Å². The van der Waals surface area contributed by atoms with Crippen LogP contribution >= 0.6 is 11.3 Å². The molecule has 2 unspecified atom stereocenters. The molecule has 0 saturated heterocycles. The molecule has 4 nitrogen and oxygen atoms in total. The van der Waals surface area contributed by atoms with Crippen molar-refractivity contribution in [2.24, 2.45) is 0 Å². The van der Waals surface area contributed by atoms with Crippen LogP contribution in [0, 0.1) is 5.82 Å². The van der Waals surface area contributed by atoms with Crippen LogP contribution in [-0.4, -0.2) is 28.9 Å². The zero-order chi connectivity index (χ0) is 19.4. The van der Waals surface area contributed by atoms with Crippen molar-refractivity contribution < 1.29 is 24.1 Å². The Kier molecular flexibility index (Phi) is 6.34. The van der Waals surface area contributed by atoms with Crippen molar-refractivity contribution >= 4 is 27.7 Å². The summed E-state index contributed by atoms with van der Waals surface area (Å²) in [4.78, 5) is 12.0. The van der Waals surface area contributed by atoms with Crippen molar-refractivity contribution in [1.82, 2.24) is 0 Å². The highest BCUT2D eigenvalue weighted by molar-refractivity contribution is 7.19. The molecule has 1 aromatic heterocycles. The first-order valence-corrected chi connectivity index (χ1v) is 9.50. The summed E-state index contributed by atoms with van der Waals surface area (Å²) < 4.78 is 21.1. The standard InChI is InChI=1S/C21H21FO4S/c1-13(21(24)25)26-19(8-9-23)14-6-7-18(22)16(10-14)12-17-11-15-4-2-3-5-20(15)27-17/h2-7,9-11,13,19,21,24-25H,8,12H2,1H3. The van der Waals surface area contributed by atoms with Crippen molar-refractivity contribution in [1.29, 1.82) is 0 Å². The van der Waals surface area contributed by atoms with Crippen molar-refractivity contribution in [3.05, 3.63) is 70.4 Å². The second-order valence-electron chi connectivity index (χ2n) is 6.42. The van der Waals surface area contributed by atoms with Crippen LogP contribution in [0.5, 0.6) is 0 Å². The van der Waals surface area contributed by atoms with Crippen molar-refractivity contribution in [2.75, 3.05) is 0 Å². The van der Waals surface area contributed by atoms with Gasteiger partial charge in [0, 0.05) is 22.4 Å². The summed E-state index contributed by atoms with van der Waals surface area (Å²) in [5, 5.41) is 19.6. The average Bonchev–Trinajstić information content (AvgIpc) is 3.05. The smallest absolute Gasteiger partial charge is 0.178 e. The molecule has 6 heteroatoms. The predicted octanol–water partition coefficient (Wildman–Crippen LogP) is 3.98. The number of thiophene rings is 1. The minimum Gasteiger partial charge on any atom is -0.366 e. The Hall–Kier alpha value is -2.12. The zero-order valence-electron chi connectivity index (χ0n) is 14.8. The van der Waals surface area contributed by atoms with E-state index in [1.165, 1.54) is 13.0 Å². The SMILES string of the molecule is CC(OC(CC=O)c1ccc(F)c(Cc2cc3ccccc3s2)c1)C(O)O. The number of carbonyl (C=O) groups is 1. The number of rotatable bonds is 8. The summed E-state index contributed by atoms with van der Waals surface area (Å²) in [7, 11) is 0. The van der Waals surface area contributed by atoms with Crippen molar-refractivity contribution in [2.45, 2.75) is 38.3 Å². The molecule has 27 heavy (non-hydrogen) atoms. The monoisotopic (exact) mass is 388 g/mol. The van der Waals surface area contributed by atoms with Crippen LogP contribution in [0.25, 0.3) is 10.1 Å². The molecule has 2 N–H and O–H groups in total. The fourth-order valence-corrected chi connectivity index (χ4v) is 4.02. The lowest BCUT2D eigenvalue weighted by atomic mass is 10.0. The van der Waals surface area contributed by atoms with Gasteiger partial charge in [0.15, 0.2) is 6.29 Å². The zero-order valence-corrected chi connectivity index (χ0v) is 15.7. The van der Waals surface area contributed by atoms with Gasteiger partial charge in [-0.2, -0.15) is 0 Å². The number of aliphatic hydroxyl groups excluding tert-OH is 1. The molecule has 142 valence electrons. The topological polar surface area (TPSA) is 66.8 Å². The summed E-state index contributed by atoms with van der Waals surface area (Å²) in [6.45, 7) is 1.50. The van der Waals surface area contributed by atoms with Crippen molar-refractivity contribution in [3.8, 4) is 0 Å². The van der Waals surface area contributed by atoms with E-state index in [-0.39, 0.29) is 12.2 Å². The van der Waals surface area contributed by atoms with Crippen molar-refractivity contribution in [3.63, 3.8) is 0 Å². The largest absolute Gasteiger partial charge is 0.366 e. The Morgan fingerprint density at radius 2 is 1.96 bits per heavy atom. The molecule has 1 heterocycles. The lowest BCUT2D eigenvalue weighted by Crippen LogP contribution is -2.27. The van der Waals surface area contributed by atoms with Gasteiger partial charge in [-0.15, -0.1) is 11.3 Å². The fraction of sp³-hybridized carbons (Fsp3) is 0.286. The summed E-state index contributed by atoms with van der Waals surface area (Å²) in [5.74, 6) is -0.323. The number of carbonyl (C=O) groups excluding carboxylic acids is 1. The quantitative estimate of drug-likeness (QED) is 0.453. The number of aliphatic hydroxyl groups is 2. The second kappa shape index (κ2) is 8.71. The number of hydrogen-bond acceptors (Lipinski definition) is 5. The van der Waals surface area contributed by atoms with Gasteiger partial charge >= 0.3 is 0 Å². The number of halogens is 1. The number of fused-ring (bicyclic) bond motifs is 1. The second-order valence-corrected chi connectivity index (χ2v) is 7.59. The van der Waals surface area contributed by atoms with Crippen LogP contribution in [-0.2, 0) is 16.0 Å². The van der Waals surface area contributed by atoms with E-state index in [0.717, 1.165) is 15.0 Å². The highest BCUT2D eigenvalue weighted by atomic mass is 32.1. The molecule has 0 aliphatic rings. The molecule has 0 saturated carbocycles. The van der Waals surface area contributed by atoms with E-state index in [1.54, 1.807) is 23.5 Å². The van der Waals surface area contributed by atoms with Gasteiger partial charge < -0.3 is 19.7 Å². The summed E-state index contributed by atoms with van der Waals surface area (Å²) in [5.41, 5.74) is 1.14. The Bertz CT molecular complexity index is 888. The van der Waals surface area contributed by atoms with E-state index < -0.39 is 18.5 Å². The van der Waals surface area contributed by atoms with Crippen LogP contribution < -0.4 is 0 Å². The van der Waals surface area contributed by atoms with Gasteiger partial charge in [-0.3, -0.25) is 0 Å². The molecule has 2 atom stereocenters. The average molecular weight is 388 g/mol. The Morgan fingerprint density at radius 3 is 2.67 bits per heavy atom. The third-order valence-electron chi connectivity index (χ3n) is 4.39. The molecule has 0 aliphatic heterocycles. The Labute approximate surface area is 160 Å². The first-order valence-electron chi connectivity index (χ1n) is 8.69. The van der Waals surface area contributed by atoms with E-state index in [0.29, 0.717) is 23.8 Å². The van der Waals surface area contributed by atoms with E-state index in [2.05, 4.69) is 6.07 Å². The van der Waals surface area contributed by atoms with Gasteiger partial charge in [-0.1, -0.05) is 24.3 Å². The third-order valence-corrected chi connectivity index (χ3v) is 5.51. The molecular formula is C21H21FO4S. The van der Waals surface area contributed by atoms with Gasteiger partial charge in [-0.05, 0) is 47.7 Å². The Morgan fingerprint density at radius 1 is 1.19 bits per heavy atom. The lowest BCUT2D eigenvalue weighted by molar-refractivity contribution is -0.160. The summed E-state index contributed by atoms with van der Waals surface area (Å²) in [6, 6.07) is 14.7. The fourth-order valence-electron chi connectivity index (χ4n) is 2.93. The maximum Gasteiger partial charge on any atom is 0.178 e. The molecule has 0 amide bonds. The van der Waals surface area contributed by atoms with Gasteiger partial charge in [0.1, 0.15) is 18.2 Å². The molecule has 0 bridgehead atoms. The number of hydrogen-bond donors (Lipinski definition) is 2. The lowest BCUT2D eigenvalue weighted by Gasteiger charge is -2.23. The first kappa shape index (κ1) is 19.6. The van der Waals surface area contributed by atoms with E-state index >= 15 is 0 Å². The molecule has 3 aromatic rings. The number of ether oxygens (including phenoxy) is 1. The molecule has 2 aromatic carbocycles. The summed E-state index contributed by atoms with van der Waals surface area (Å²) >= 11 is 1.62. The molecule has 0 radical (unpaired) electrons. The molecule has 0 aliphatic carbocycles. The van der Waals surface area contributed by atoms with Gasteiger partial charge in [0.05, 0.1) is 6.10 Å². The van der Waals surface area contributed by atoms with Crippen LogP contribution in [0.4, 0.5) is 4.39 Å². The maximum atomic E-state index is 14.4. The highest BCUT2D eigenvalue weighted by Crippen LogP contribution is 2.30. The molecular weight excluding hydrogens is 367 g/mol. The van der Waals surface area contributed by atoms with Gasteiger partial charge in [0.2, 0.25) is 0 Å². The normalized spacial score (nSPS) is 13.8. The maximum absolute atomic E-state index is 14.4. The molecule has 0 fully saturated rings. The van der Waals surface area contributed by atoms with Crippen LogP contribution in [0.1, 0.15) is 35.5 Å². The number of aldehydes is 1. The van der Waals surface area contributed by atoms with Crippen LogP contribution in [0.2, 0.25) is 0 Å². The Balaban J connectivity index is 1.86. The number of benzene rings is 2. The first-order chi connectivity index (χ1) is 13.0. The highest BCUT2D eigenvalue weighted by Gasteiger charge is 2.20. The van der Waals surface area contributed by atoms with Crippen LogP contribution in [0.15, 0.2) is 48.5 Å². The van der Waals surface area contributed by atoms with Gasteiger partial charge in [0.25, 0.3) is 0 Å². The third kappa shape index (κ3) is 4.78. The minimum atomic E-state index is -1.65. The van der Waals surface area contributed by atoms with Gasteiger partial charge in [-0.25, -0.2) is 4.39 Å². The minimum absolute atomic E-state index is 0.0466.